The van der Waals surface area contributed by atoms with Crippen molar-refractivity contribution in [3.63, 3.8) is 0 Å². The van der Waals surface area contributed by atoms with Crippen LogP contribution in [0.25, 0.3) is 11.1 Å². The van der Waals surface area contributed by atoms with Gasteiger partial charge in [0.1, 0.15) is 5.75 Å². The molecule has 0 saturated heterocycles. The topological polar surface area (TPSA) is 66.4 Å². The molecule has 0 aromatic heterocycles. The van der Waals surface area contributed by atoms with E-state index in [1.807, 2.05) is 0 Å². The zero-order valence-electron chi connectivity index (χ0n) is 11.3. The molecule has 0 heterocycles. The smallest absolute Gasteiger partial charge is 0.308 e. The first-order valence-electron chi connectivity index (χ1n) is 5.66. The number of aromatic carboxylic acids is 1. The molecule has 1 radical (unpaired) electrons. The summed E-state index contributed by atoms with van der Waals surface area (Å²) in [5.74, 6) is -1.14. The van der Waals surface area contributed by atoms with E-state index < -0.39 is 5.97 Å². The van der Waals surface area contributed by atoms with Crippen LogP contribution in [0.2, 0.25) is 0 Å². The van der Waals surface area contributed by atoms with Crippen LogP contribution in [0.1, 0.15) is 17.3 Å². The van der Waals surface area contributed by atoms with E-state index >= 15 is 0 Å². The third kappa shape index (κ3) is 4.54. The Bertz CT molecular complexity index is 620. The van der Waals surface area contributed by atoms with E-state index in [-0.39, 0.29) is 62.9 Å². The van der Waals surface area contributed by atoms with Gasteiger partial charge in [0.15, 0.2) is 0 Å². The average molecular weight is 294 g/mol. The molecule has 0 saturated carbocycles. The Labute approximate surface area is 159 Å². The van der Waals surface area contributed by atoms with Gasteiger partial charge in [-0.2, -0.15) is 0 Å². The Kier molecular flexibility index (Phi) is 6.58. The van der Waals surface area contributed by atoms with Crippen molar-refractivity contribution in [2.75, 3.05) is 0 Å². The molecule has 0 N–H and O–H groups in total. The van der Waals surface area contributed by atoms with Crippen LogP contribution in [0.4, 0.5) is 0 Å². The van der Waals surface area contributed by atoms with Gasteiger partial charge in [-0.15, -0.1) is 0 Å². The Hall–Kier alpha value is -0.984. The van der Waals surface area contributed by atoms with Crippen molar-refractivity contribution >= 4 is 63.3 Å². The SMILES string of the molecule is CC(=O)Oc1ccc(-c2cccc(C(=O)[O-])c2)cc1.[K]. The van der Waals surface area contributed by atoms with Crippen LogP contribution in [-0.4, -0.2) is 63.3 Å². The first-order valence-corrected chi connectivity index (χ1v) is 5.66. The number of carbonyl (C=O) groups is 2. The summed E-state index contributed by atoms with van der Waals surface area (Å²) in [7, 11) is 0. The van der Waals surface area contributed by atoms with Crippen LogP contribution in [0.5, 0.6) is 5.75 Å². The van der Waals surface area contributed by atoms with E-state index in [9.17, 15) is 14.7 Å². The van der Waals surface area contributed by atoms with E-state index in [2.05, 4.69) is 0 Å². The molecule has 0 aliphatic rings. The summed E-state index contributed by atoms with van der Waals surface area (Å²) < 4.78 is 4.92. The Balaban J connectivity index is 0.00000200. The van der Waals surface area contributed by atoms with Gasteiger partial charge in [0, 0.05) is 58.3 Å². The van der Waals surface area contributed by atoms with Gasteiger partial charge >= 0.3 is 5.97 Å². The van der Waals surface area contributed by atoms with Crippen molar-refractivity contribution in [1.29, 1.82) is 0 Å². The van der Waals surface area contributed by atoms with Crippen molar-refractivity contribution in [3.05, 3.63) is 54.1 Å². The second kappa shape index (κ2) is 7.71. The molecule has 4 nitrogen and oxygen atoms in total. The van der Waals surface area contributed by atoms with Crippen molar-refractivity contribution in [3.8, 4) is 16.9 Å². The van der Waals surface area contributed by atoms with E-state index in [0.29, 0.717) is 5.75 Å². The molecule has 0 atom stereocenters. The predicted octanol–water partition coefficient (Wildman–Crippen LogP) is 1.26. The van der Waals surface area contributed by atoms with E-state index in [1.54, 1.807) is 36.4 Å². The average Bonchev–Trinajstić information content (AvgIpc) is 2.39. The number of rotatable bonds is 3. The van der Waals surface area contributed by atoms with Crippen LogP contribution < -0.4 is 9.84 Å². The molecule has 0 amide bonds. The number of esters is 1. The summed E-state index contributed by atoms with van der Waals surface area (Å²) in [6.07, 6.45) is 0. The molecule has 97 valence electrons. The minimum absolute atomic E-state index is 0. The maximum atomic E-state index is 10.8. The Morgan fingerprint density at radius 2 is 1.65 bits per heavy atom. The molecule has 2 aromatic rings. The van der Waals surface area contributed by atoms with Gasteiger partial charge in [0.2, 0.25) is 0 Å². The fourth-order valence-electron chi connectivity index (χ4n) is 1.71. The van der Waals surface area contributed by atoms with Crippen molar-refractivity contribution in [2.45, 2.75) is 6.92 Å². The molecule has 2 rings (SSSR count). The van der Waals surface area contributed by atoms with Gasteiger partial charge in [-0.1, -0.05) is 30.3 Å². The van der Waals surface area contributed by atoms with Gasteiger partial charge in [-0.05, 0) is 34.9 Å². The number of carboxylic acid groups (broad SMARTS) is 1. The minimum atomic E-state index is -1.21. The third-order valence-electron chi connectivity index (χ3n) is 2.55. The number of carbonyl (C=O) groups excluding carboxylic acids is 2. The summed E-state index contributed by atoms with van der Waals surface area (Å²) >= 11 is 0. The fraction of sp³-hybridized carbons (Fsp3) is 0.0667. The van der Waals surface area contributed by atoms with Gasteiger partial charge in [-0.25, -0.2) is 0 Å². The van der Waals surface area contributed by atoms with Crippen LogP contribution >= 0.6 is 0 Å². The van der Waals surface area contributed by atoms with Crippen LogP contribution in [0, 0.1) is 0 Å². The summed E-state index contributed by atoms with van der Waals surface area (Å²) in [5, 5.41) is 10.8. The van der Waals surface area contributed by atoms with E-state index in [0.717, 1.165) is 11.1 Å². The van der Waals surface area contributed by atoms with Crippen LogP contribution in [0.3, 0.4) is 0 Å². The Morgan fingerprint density at radius 1 is 1.00 bits per heavy atom. The Morgan fingerprint density at radius 3 is 2.20 bits per heavy atom. The molecular weight excluding hydrogens is 283 g/mol. The third-order valence-corrected chi connectivity index (χ3v) is 2.55. The number of ether oxygens (including phenoxy) is 1. The largest absolute Gasteiger partial charge is 0.545 e. The molecule has 0 aliphatic carbocycles. The summed E-state index contributed by atoms with van der Waals surface area (Å²) in [5.41, 5.74) is 1.72. The van der Waals surface area contributed by atoms with Crippen molar-refractivity contribution < 1.29 is 19.4 Å². The molecule has 20 heavy (non-hydrogen) atoms. The molecule has 5 heteroatoms. The van der Waals surface area contributed by atoms with Gasteiger partial charge in [0.05, 0.1) is 5.97 Å². The quantitative estimate of drug-likeness (QED) is 0.485. The first kappa shape index (κ1) is 17.1. The molecule has 0 bridgehead atoms. The molecule has 0 fully saturated rings. The van der Waals surface area contributed by atoms with Gasteiger partial charge in [0.25, 0.3) is 0 Å². The zero-order valence-corrected chi connectivity index (χ0v) is 14.4. The maximum Gasteiger partial charge on any atom is 0.308 e. The van der Waals surface area contributed by atoms with E-state index in [4.69, 9.17) is 4.74 Å². The standard InChI is InChI=1S/C15H12O4.K/c1-10(16)19-14-7-5-11(6-8-14)12-3-2-4-13(9-12)15(17)18;/h2-9H,1H3,(H,17,18);/p-1. The van der Waals surface area contributed by atoms with Crippen molar-refractivity contribution in [1.82, 2.24) is 0 Å². The number of carboxylic acids is 1. The molecular formula is C15H11KO4-. The maximum absolute atomic E-state index is 10.8. The second-order valence-electron chi connectivity index (χ2n) is 3.99. The van der Waals surface area contributed by atoms with E-state index in [1.165, 1.54) is 19.1 Å². The number of benzene rings is 2. The summed E-state index contributed by atoms with van der Waals surface area (Å²) in [4.78, 5) is 21.6. The fourth-order valence-corrected chi connectivity index (χ4v) is 1.71. The number of hydrogen-bond donors (Lipinski definition) is 0. The monoisotopic (exact) mass is 294 g/mol. The molecule has 0 spiro atoms. The van der Waals surface area contributed by atoms with Crippen LogP contribution in [0.15, 0.2) is 48.5 Å². The van der Waals surface area contributed by atoms with Gasteiger partial charge in [-0.3, -0.25) is 4.79 Å². The minimum Gasteiger partial charge on any atom is -0.545 e. The van der Waals surface area contributed by atoms with Crippen molar-refractivity contribution in [2.24, 2.45) is 0 Å². The summed E-state index contributed by atoms with van der Waals surface area (Å²) in [6.45, 7) is 1.33. The molecule has 2 aromatic carbocycles. The number of hydrogen-bond acceptors (Lipinski definition) is 4. The first-order chi connectivity index (χ1) is 9.06. The van der Waals surface area contributed by atoms with Crippen LogP contribution in [-0.2, 0) is 4.79 Å². The predicted molar refractivity (Wildman–Crippen MR) is 73.3 cm³/mol. The zero-order chi connectivity index (χ0) is 13.8. The molecule has 0 unspecified atom stereocenters. The van der Waals surface area contributed by atoms with Gasteiger partial charge < -0.3 is 14.6 Å². The second-order valence-corrected chi connectivity index (χ2v) is 3.99. The normalized spacial score (nSPS) is 9.45. The molecule has 0 aliphatic heterocycles. The summed E-state index contributed by atoms with van der Waals surface area (Å²) in [6, 6.07) is 13.3.